The maximum atomic E-state index is 13.4. The summed E-state index contributed by atoms with van der Waals surface area (Å²) in [6.45, 7) is -1.75. The normalized spacial score (nSPS) is 18.6. The fourth-order valence-corrected chi connectivity index (χ4v) is 5.16. The molecule has 31 heavy (non-hydrogen) atoms. The van der Waals surface area contributed by atoms with Gasteiger partial charge < -0.3 is 14.5 Å². The predicted octanol–water partition coefficient (Wildman–Crippen LogP) is 4.93. The molecule has 2 aliphatic heterocycles. The molecule has 1 atom stereocenters. The summed E-state index contributed by atoms with van der Waals surface area (Å²) in [5.74, 6) is -0.193. The molecule has 2 heterocycles. The Balaban J connectivity index is 1.52. The van der Waals surface area contributed by atoms with Gasteiger partial charge in [0.15, 0.2) is 0 Å². The second-order valence-corrected chi connectivity index (χ2v) is 8.99. The van der Waals surface area contributed by atoms with Crippen molar-refractivity contribution in [1.29, 1.82) is 0 Å². The number of thioether (sulfide) groups is 1. The Morgan fingerprint density at radius 3 is 2.77 bits per heavy atom. The van der Waals surface area contributed by atoms with E-state index < -0.39 is 12.5 Å². The van der Waals surface area contributed by atoms with E-state index in [1.165, 1.54) is 18.2 Å². The molecule has 164 valence electrons. The number of piperidine rings is 1. The third kappa shape index (κ3) is 4.80. The molecule has 0 radical (unpaired) electrons. The average molecular weight is 467 g/mol. The van der Waals surface area contributed by atoms with Crippen LogP contribution in [0.1, 0.15) is 23.2 Å². The van der Waals surface area contributed by atoms with Crippen molar-refractivity contribution in [2.24, 2.45) is 5.92 Å². The molecule has 1 unspecified atom stereocenters. The van der Waals surface area contributed by atoms with E-state index in [0.29, 0.717) is 31.0 Å². The number of halogens is 3. The van der Waals surface area contributed by atoms with Gasteiger partial charge in [0.2, 0.25) is 5.91 Å². The predicted molar refractivity (Wildman–Crippen MR) is 116 cm³/mol. The summed E-state index contributed by atoms with van der Waals surface area (Å²) in [6.07, 6.45) is 1.32. The van der Waals surface area contributed by atoms with Gasteiger partial charge in [-0.3, -0.25) is 9.59 Å². The number of anilines is 1. The molecule has 0 saturated carbocycles. The SMILES string of the molecule is O=C(c1ccccc1OC(F)F)N1CCCC(C(=O)N2CCSc3ccc(Cl)cc32)C1. The summed E-state index contributed by atoms with van der Waals surface area (Å²) in [5, 5.41) is 0.565. The van der Waals surface area contributed by atoms with Crippen LogP contribution in [0.2, 0.25) is 5.02 Å². The molecule has 0 aliphatic carbocycles. The molecule has 1 saturated heterocycles. The zero-order valence-electron chi connectivity index (χ0n) is 16.6. The maximum absolute atomic E-state index is 13.4. The first-order chi connectivity index (χ1) is 14.9. The van der Waals surface area contributed by atoms with E-state index in [-0.39, 0.29) is 29.7 Å². The zero-order chi connectivity index (χ0) is 22.0. The third-order valence-electron chi connectivity index (χ3n) is 5.44. The van der Waals surface area contributed by atoms with Gasteiger partial charge in [-0.15, -0.1) is 11.8 Å². The molecule has 9 heteroatoms. The van der Waals surface area contributed by atoms with Gasteiger partial charge in [-0.25, -0.2) is 0 Å². The van der Waals surface area contributed by atoms with Crippen LogP contribution in [0.25, 0.3) is 0 Å². The summed E-state index contributed by atoms with van der Waals surface area (Å²) in [4.78, 5) is 30.7. The van der Waals surface area contributed by atoms with Gasteiger partial charge in [0.1, 0.15) is 5.75 Å². The minimum atomic E-state index is -3.02. The lowest BCUT2D eigenvalue weighted by Gasteiger charge is -2.37. The number of nitrogens with zero attached hydrogens (tertiary/aromatic N) is 2. The Morgan fingerprint density at radius 2 is 1.97 bits per heavy atom. The second kappa shape index (κ2) is 9.44. The van der Waals surface area contributed by atoms with E-state index in [9.17, 15) is 18.4 Å². The Morgan fingerprint density at radius 1 is 1.16 bits per heavy atom. The van der Waals surface area contributed by atoms with Gasteiger partial charge in [-0.2, -0.15) is 8.78 Å². The molecule has 0 bridgehead atoms. The smallest absolute Gasteiger partial charge is 0.387 e. The number of carbonyl (C=O) groups excluding carboxylic acids is 2. The molecule has 2 amide bonds. The molecule has 0 spiro atoms. The highest BCUT2D eigenvalue weighted by Crippen LogP contribution is 2.38. The standard InChI is InChI=1S/C22H21ClF2N2O3S/c23-15-7-8-19-17(12-15)27(10-11-31-19)20(28)14-4-3-9-26(13-14)21(29)16-5-1-2-6-18(16)30-22(24)25/h1-2,5-8,12,14,22H,3-4,9-11,13H2. The molecule has 0 N–H and O–H groups in total. The Kier molecular flexibility index (Phi) is 6.67. The van der Waals surface area contributed by atoms with Gasteiger partial charge >= 0.3 is 6.61 Å². The number of likely N-dealkylation sites (tertiary alicyclic amines) is 1. The number of para-hydroxylation sites is 1. The van der Waals surface area contributed by atoms with Crippen molar-refractivity contribution in [2.75, 3.05) is 30.3 Å². The minimum absolute atomic E-state index is 0.0431. The summed E-state index contributed by atoms with van der Waals surface area (Å²) >= 11 is 7.83. The van der Waals surface area contributed by atoms with Gasteiger partial charge in [-0.05, 0) is 43.2 Å². The summed E-state index contributed by atoms with van der Waals surface area (Å²) in [5.41, 5.74) is 0.871. The number of benzene rings is 2. The highest BCUT2D eigenvalue weighted by atomic mass is 35.5. The van der Waals surface area contributed by atoms with Gasteiger partial charge in [-0.1, -0.05) is 23.7 Å². The first-order valence-electron chi connectivity index (χ1n) is 10.0. The van der Waals surface area contributed by atoms with Crippen LogP contribution in [0.3, 0.4) is 0 Å². The highest BCUT2D eigenvalue weighted by Gasteiger charge is 2.34. The molecule has 2 aliphatic rings. The fraction of sp³-hybridized carbons (Fsp3) is 0.364. The number of hydrogen-bond acceptors (Lipinski definition) is 4. The van der Waals surface area contributed by atoms with E-state index in [2.05, 4.69) is 4.74 Å². The Hall–Kier alpha value is -2.32. The summed E-state index contributed by atoms with van der Waals surface area (Å²) in [6, 6.07) is 11.5. The van der Waals surface area contributed by atoms with Gasteiger partial charge in [0.25, 0.3) is 5.91 Å². The first-order valence-corrected chi connectivity index (χ1v) is 11.4. The van der Waals surface area contributed by atoms with Gasteiger partial charge in [0, 0.05) is 35.3 Å². The minimum Gasteiger partial charge on any atom is -0.434 e. The van der Waals surface area contributed by atoms with Crippen LogP contribution < -0.4 is 9.64 Å². The van der Waals surface area contributed by atoms with Crippen molar-refractivity contribution < 1.29 is 23.1 Å². The number of fused-ring (bicyclic) bond motifs is 1. The van der Waals surface area contributed by atoms with Crippen LogP contribution >= 0.6 is 23.4 Å². The van der Waals surface area contributed by atoms with Crippen molar-refractivity contribution in [2.45, 2.75) is 24.3 Å². The number of rotatable bonds is 4. The van der Waals surface area contributed by atoms with Gasteiger partial charge in [0.05, 0.1) is 17.2 Å². The van der Waals surface area contributed by atoms with Crippen LogP contribution in [-0.4, -0.2) is 48.7 Å². The average Bonchev–Trinajstić information content (AvgIpc) is 2.78. The molecule has 4 rings (SSSR count). The number of amides is 2. The van der Waals surface area contributed by atoms with Crippen LogP contribution in [0.5, 0.6) is 5.75 Å². The van der Waals surface area contributed by atoms with Crippen LogP contribution in [0, 0.1) is 5.92 Å². The number of carbonyl (C=O) groups is 2. The Bertz CT molecular complexity index is 991. The monoisotopic (exact) mass is 466 g/mol. The summed E-state index contributed by atoms with van der Waals surface area (Å²) < 4.78 is 29.9. The topological polar surface area (TPSA) is 49.9 Å². The highest BCUT2D eigenvalue weighted by molar-refractivity contribution is 7.99. The van der Waals surface area contributed by atoms with Crippen molar-refractivity contribution in [3.63, 3.8) is 0 Å². The zero-order valence-corrected chi connectivity index (χ0v) is 18.2. The lowest BCUT2D eigenvalue weighted by molar-refractivity contribution is -0.123. The maximum Gasteiger partial charge on any atom is 0.387 e. The lowest BCUT2D eigenvalue weighted by atomic mass is 9.95. The number of ether oxygens (including phenoxy) is 1. The third-order valence-corrected chi connectivity index (χ3v) is 6.72. The van der Waals surface area contributed by atoms with E-state index in [4.69, 9.17) is 11.6 Å². The molecule has 2 aromatic carbocycles. The second-order valence-electron chi connectivity index (χ2n) is 7.42. The fourth-order valence-electron chi connectivity index (χ4n) is 4.02. The van der Waals surface area contributed by atoms with Crippen molar-refractivity contribution in [3.05, 3.63) is 53.1 Å². The van der Waals surface area contributed by atoms with Crippen molar-refractivity contribution in [1.82, 2.24) is 4.90 Å². The van der Waals surface area contributed by atoms with E-state index in [1.54, 1.807) is 39.8 Å². The molecule has 5 nitrogen and oxygen atoms in total. The van der Waals surface area contributed by atoms with Crippen molar-refractivity contribution in [3.8, 4) is 5.75 Å². The van der Waals surface area contributed by atoms with Crippen LogP contribution in [0.15, 0.2) is 47.4 Å². The Labute approximate surface area is 188 Å². The van der Waals surface area contributed by atoms with Crippen LogP contribution in [-0.2, 0) is 4.79 Å². The number of alkyl halides is 2. The summed E-state index contributed by atoms with van der Waals surface area (Å²) in [7, 11) is 0. The van der Waals surface area contributed by atoms with E-state index >= 15 is 0 Å². The van der Waals surface area contributed by atoms with E-state index in [0.717, 1.165) is 16.3 Å². The van der Waals surface area contributed by atoms with Crippen LogP contribution in [0.4, 0.5) is 14.5 Å². The quantitative estimate of drug-likeness (QED) is 0.641. The number of hydrogen-bond donors (Lipinski definition) is 0. The molecule has 2 aromatic rings. The molecule has 1 fully saturated rings. The molecule has 0 aromatic heterocycles. The molecular formula is C22H21ClF2N2O3S. The van der Waals surface area contributed by atoms with Crippen molar-refractivity contribution >= 4 is 40.9 Å². The molecular weight excluding hydrogens is 446 g/mol. The van der Waals surface area contributed by atoms with E-state index in [1.807, 2.05) is 6.07 Å². The lowest BCUT2D eigenvalue weighted by Crippen LogP contribution is -2.48. The largest absolute Gasteiger partial charge is 0.434 e. The first kappa shape index (κ1) is 21.9.